The Hall–Kier alpha value is -2.74. The molecule has 0 aliphatic heterocycles. The Kier molecular flexibility index (Phi) is 4.06. The Morgan fingerprint density at radius 1 is 1.20 bits per heavy atom. The van der Waals surface area contributed by atoms with Crippen LogP contribution in [0.1, 0.15) is 11.1 Å². The molecule has 2 aromatic carbocycles. The standard InChI is InChI=1S/C15H13FN2O2/c1-19-14-3-2-13(18)7-15(14)20-9-11-4-10(8-17)5-12(16)6-11/h2-7H,9,18H2,1H3. The smallest absolute Gasteiger partial charge is 0.163 e. The first-order valence-corrected chi connectivity index (χ1v) is 5.88. The van der Waals surface area contributed by atoms with Crippen molar-refractivity contribution in [3.63, 3.8) is 0 Å². The highest BCUT2D eigenvalue weighted by atomic mass is 19.1. The highest BCUT2D eigenvalue weighted by molar-refractivity contribution is 5.52. The number of hydrogen-bond donors (Lipinski definition) is 1. The summed E-state index contributed by atoms with van der Waals surface area (Å²) in [6.45, 7) is 0.117. The van der Waals surface area contributed by atoms with Crippen LogP contribution in [0.4, 0.5) is 10.1 Å². The van der Waals surface area contributed by atoms with E-state index in [9.17, 15) is 4.39 Å². The first kappa shape index (κ1) is 13.7. The summed E-state index contributed by atoms with van der Waals surface area (Å²) >= 11 is 0. The van der Waals surface area contributed by atoms with Crippen LogP contribution < -0.4 is 15.2 Å². The van der Waals surface area contributed by atoms with Crippen molar-refractivity contribution in [1.29, 1.82) is 5.26 Å². The van der Waals surface area contributed by atoms with Crippen molar-refractivity contribution in [1.82, 2.24) is 0 Å². The number of ether oxygens (including phenoxy) is 2. The number of halogens is 1. The molecule has 102 valence electrons. The quantitative estimate of drug-likeness (QED) is 0.869. The molecule has 0 bridgehead atoms. The first-order valence-electron chi connectivity index (χ1n) is 5.88. The van der Waals surface area contributed by atoms with Gasteiger partial charge in [0, 0.05) is 11.8 Å². The second kappa shape index (κ2) is 5.93. The normalized spacial score (nSPS) is 9.85. The summed E-state index contributed by atoms with van der Waals surface area (Å²) in [7, 11) is 1.52. The summed E-state index contributed by atoms with van der Waals surface area (Å²) in [4.78, 5) is 0. The van der Waals surface area contributed by atoms with Gasteiger partial charge in [-0.05, 0) is 35.9 Å². The molecule has 2 aromatic rings. The largest absolute Gasteiger partial charge is 0.493 e. The molecule has 0 spiro atoms. The molecule has 0 heterocycles. The molecule has 20 heavy (non-hydrogen) atoms. The number of anilines is 1. The maximum absolute atomic E-state index is 13.3. The Balaban J connectivity index is 2.19. The van der Waals surface area contributed by atoms with Crippen LogP contribution in [0, 0.1) is 17.1 Å². The van der Waals surface area contributed by atoms with Crippen molar-refractivity contribution in [2.45, 2.75) is 6.61 Å². The van der Waals surface area contributed by atoms with Gasteiger partial charge >= 0.3 is 0 Å². The number of rotatable bonds is 4. The third-order valence-corrected chi connectivity index (χ3v) is 2.67. The molecule has 2 rings (SSSR count). The number of methoxy groups -OCH3 is 1. The molecule has 0 radical (unpaired) electrons. The van der Waals surface area contributed by atoms with Gasteiger partial charge in [-0.15, -0.1) is 0 Å². The number of nitrogens with two attached hydrogens (primary N) is 1. The summed E-state index contributed by atoms with van der Waals surface area (Å²) in [5.74, 6) is 0.536. The highest BCUT2D eigenvalue weighted by Crippen LogP contribution is 2.29. The molecule has 0 amide bonds. The number of nitrogens with zero attached hydrogens (tertiary/aromatic N) is 1. The minimum absolute atomic E-state index is 0.117. The first-order chi connectivity index (χ1) is 9.62. The molecule has 0 aromatic heterocycles. The molecule has 5 heteroatoms. The molecule has 2 N–H and O–H groups in total. The van der Waals surface area contributed by atoms with Crippen LogP contribution in [0.3, 0.4) is 0 Å². The average Bonchev–Trinajstić information content (AvgIpc) is 2.44. The van der Waals surface area contributed by atoms with Gasteiger partial charge in [-0.2, -0.15) is 5.26 Å². The van der Waals surface area contributed by atoms with Crippen molar-refractivity contribution in [3.8, 4) is 17.6 Å². The maximum atomic E-state index is 13.3. The molecule has 0 saturated heterocycles. The van der Waals surface area contributed by atoms with Gasteiger partial charge in [-0.1, -0.05) is 0 Å². The topological polar surface area (TPSA) is 68.3 Å². The fourth-order valence-corrected chi connectivity index (χ4v) is 1.77. The summed E-state index contributed by atoms with van der Waals surface area (Å²) in [5.41, 5.74) is 7.04. The van der Waals surface area contributed by atoms with E-state index >= 15 is 0 Å². The van der Waals surface area contributed by atoms with Crippen LogP contribution in [0.5, 0.6) is 11.5 Å². The second-order valence-electron chi connectivity index (χ2n) is 4.16. The van der Waals surface area contributed by atoms with E-state index < -0.39 is 5.82 Å². The van der Waals surface area contributed by atoms with E-state index in [4.69, 9.17) is 20.5 Å². The van der Waals surface area contributed by atoms with Crippen LogP contribution in [0.25, 0.3) is 0 Å². The van der Waals surface area contributed by atoms with Gasteiger partial charge in [0.1, 0.15) is 12.4 Å². The Morgan fingerprint density at radius 3 is 2.70 bits per heavy atom. The van der Waals surface area contributed by atoms with Crippen LogP contribution in [0.2, 0.25) is 0 Å². The van der Waals surface area contributed by atoms with Gasteiger partial charge in [0.05, 0.1) is 18.7 Å². The molecule has 0 saturated carbocycles. The minimum atomic E-state index is -0.470. The van der Waals surface area contributed by atoms with Crippen LogP contribution in [0.15, 0.2) is 36.4 Å². The third kappa shape index (κ3) is 3.18. The van der Waals surface area contributed by atoms with Crippen LogP contribution in [-0.2, 0) is 6.61 Å². The van der Waals surface area contributed by atoms with Gasteiger partial charge in [0.2, 0.25) is 0 Å². The van der Waals surface area contributed by atoms with Crippen molar-refractivity contribution >= 4 is 5.69 Å². The minimum Gasteiger partial charge on any atom is -0.493 e. The lowest BCUT2D eigenvalue weighted by Gasteiger charge is -2.11. The van der Waals surface area contributed by atoms with E-state index in [-0.39, 0.29) is 12.2 Å². The molecule has 0 atom stereocenters. The molecule has 0 fully saturated rings. The van der Waals surface area contributed by atoms with Gasteiger partial charge in [-0.3, -0.25) is 0 Å². The number of nitrogen functional groups attached to an aromatic ring is 1. The van der Waals surface area contributed by atoms with Crippen LogP contribution >= 0.6 is 0 Å². The zero-order chi connectivity index (χ0) is 14.5. The molecular formula is C15H13FN2O2. The molecular weight excluding hydrogens is 259 g/mol. The summed E-state index contributed by atoms with van der Waals surface area (Å²) in [6, 6.07) is 11.0. The lowest BCUT2D eigenvalue weighted by atomic mass is 10.1. The molecule has 0 aliphatic rings. The van der Waals surface area contributed by atoms with Crippen molar-refractivity contribution in [2.75, 3.05) is 12.8 Å². The van der Waals surface area contributed by atoms with Gasteiger partial charge in [0.25, 0.3) is 0 Å². The SMILES string of the molecule is COc1ccc(N)cc1OCc1cc(F)cc(C#N)c1. The fourth-order valence-electron chi connectivity index (χ4n) is 1.77. The van der Waals surface area contributed by atoms with E-state index in [1.165, 1.54) is 19.2 Å². The van der Waals surface area contributed by atoms with Gasteiger partial charge < -0.3 is 15.2 Å². The van der Waals surface area contributed by atoms with Gasteiger partial charge in [-0.25, -0.2) is 4.39 Å². The van der Waals surface area contributed by atoms with E-state index in [1.54, 1.807) is 24.3 Å². The van der Waals surface area contributed by atoms with Gasteiger partial charge in [0.15, 0.2) is 11.5 Å². The van der Waals surface area contributed by atoms with Crippen molar-refractivity contribution in [3.05, 3.63) is 53.3 Å². The zero-order valence-corrected chi connectivity index (χ0v) is 10.9. The van der Waals surface area contributed by atoms with Crippen LogP contribution in [-0.4, -0.2) is 7.11 Å². The number of benzene rings is 2. The molecule has 0 aliphatic carbocycles. The maximum Gasteiger partial charge on any atom is 0.163 e. The Morgan fingerprint density at radius 2 is 2.00 bits per heavy atom. The summed E-state index contributed by atoms with van der Waals surface area (Å²) < 4.78 is 24.0. The number of hydrogen-bond acceptors (Lipinski definition) is 4. The molecule has 0 unspecified atom stereocenters. The summed E-state index contributed by atoms with van der Waals surface area (Å²) in [5, 5.41) is 8.80. The van der Waals surface area contributed by atoms with Crippen molar-refractivity contribution in [2.24, 2.45) is 0 Å². The van der Waals surface area contributed by atoms with E-state index in [2.05, 4.69) is 0 Å². The third-order valence-electron chi connectivity index (χ3n) is 2.67. The predicted molar refractivity (Wildman–Crippen MR) is 72.9 cm³/mol. The number of nitriles is 1. The lowest BCUT2D eigenvalue weighted by Crippen LogP contribution is -1.99. The monoisotopic (exact) mass is 272 g/mol. The molecule has 4 nitrogen and oxygen atoms in total. The van der Waals surface area contributed by atoms with E-state index in [1.807, 2.05) is 6.07 Å². The zero-order valence-electron chi connectivity index (χ0n) is 10.9. The van der Waals surface area contributed by atoms with E-state index in [0.717, 1.165) is 0 Å². The average molecular weight is 272 g/mol. The Bertz CT molecular complexity index is 665. The van der Waals surface area contributed by atoms with Crippen molar-refractivity contribution < 1.29 is 13.9 Å². The highest BCUT2D eigenvalue weighted by Gasteiger charge is 2.06. The predicted octanol–water partition coefficient (Wildman–Crippen LogP) is 2.87. The fraction of sp³-hybridized carbons (Fsp3) is 0.133. The Labute approximate surface area is 116 Å². The second-order valence-corrected chi connectivity index (χ2v) is 4.16. The lowest BCUT2D eigenvalue weighted by molar-refractivity contribution is 0.284. The van der Waals surface area contributed by atoms with E-state index in [0.29, 0.717) is 22.7 Å². The summed E-state index contributed by atoms with van der Waals surface area (Å²) in [6.07, 6.45) is 0.